The van der Waals surface area contributed by atoms with Gasteiger partial charge in [-0.25, -0.2) is 0 Å². The molecular weight excluding hydrogens is 386 g/mol. The first-order valence-corrected chi connectivity index (χ1v) is 10.6. The molecule has 1 aromatic carbocycles. The SMILES string of the molecule is CC(C)(C)c1ccc(OCC2CCN(C(=O)c3ccc4nsnc4c3)CC2)nn1. The Morgan fingerprint density at radius 2 is 1.86 bits per heavy atom. The van der Waals surface area contributed by atoms with Crippen LogP contribution >= 0.6 is 11.7 Å². The van der Waals surface area contributed by atoms with Crippen molar-refractivity contribution in [2.45, 2.75) is 39.0 Å². The minimum atomic E-state index is -0.0224. The van der Waals surface area contributed by atoms with E-state index in [4.69, 9.17) is 4.74 Å². The topological polar surface area (TPSA) is 81.1 Å². The Kier molecular flexibility index (Phi) is 5.45. The Morgan fingerprint density at radius 1 is 1.10 bits per heavy atom. The summed E-state index contributed by atoms with van der Waals surface area (Å²) in [7, 11) is 0. The summed E-state index contributed by atoms with van der Waals surface area (Å²) in [6, 6.07) is 9.38. The van der Waals surface area contributed by atoms with Crippen molar-refractivity contribution in [3.63, 3.8) is 0 Å². The van der Waals surface area contributed by atoms with E-state index in [1.807, 2.05) is 35.2 Å². The standard InChI is InChI=1S/C21H25N5O2S/c1-21(2,3)18-6-7-19(23-22-18)28-13-14-8-10-26(11-9-14)20(27)15-4-5-16-17(12-15)25-29-24-16/h4-7,12,14H,8-11,13H2,1-3H3. The van der Waals surface area contributed by atoms with Gasteiger partial charge in [0.05, 0.1) is 24.0 Å². The molecule has 29 heavy (non-hydrogen) atoms. The van der Waals surface area contributed by atoms with Gasteiger partial charge in [-0.3, -0.25) is 4.79 Å². The first kappa shape index (κ1) is 19.7. The number of likely N-dealkylation sites (tertiary alicyclic amines) is 1. The number of amides is 1. The summed E-state index contributed by atoms with van der Waals surface area (Å²) in [5.41, 5.74) is 3.21. The van der Waals surface area contributed by atoms with Gasteiger partial charge in [-0.2, -0.15) is 13.8 Å². The van der Waals surface area contributed by atoms with E-state index < -0.39 is 0 Å². The Hall–Kier alpha value is -2.61. The van der Waals surface area contributed by atoms with Crippen LogP contribution in [0.3, 0.4) is 0 Å². The van der Waals surface area contributed by atoms with Crippen molar-refractivity contribution in [3.05, 3.63) is 41.6 Å². The first-order valence-electron chi connectivity index (χ1n) is 9.89. The molecule has 3 aromatic rings. The normalized spacial score (nSPS) is 15.6. The van der Waals surface area contributed by atoms with Crippen LogP contribution in [0.1, 0.15) is 49.7 Å². The van der Waals surface area contributed by atoms with Crippen molar-refractivity contribution in [1.29, 1.82) is 0 Å². The van der Waals surface area contributed by atoms with Crippen LogP contribution in [-0.2, 0) is 5.41 Å². The average molecular weight is 412 g/mol. The molecule has 0 bridgehead atoms. The van der Waals surface area contributed by atoms with Crippen LogP contribution < -0.4 is 4.74 Å². The van der Waals surface area contributed by atoms with Crippen LogP contribution in [0.4, 0.5) is 0 Å². The second-order valence-corrected chi connectivity index (χ2v) is 9.05. The van der Waals surface area contributed by atoms with Gasteiger partial charge in [-0.15, -0.1) is 5.10 Å². The fraction of sp³-hybridized carbons (Fsp3) is 0.476. The number of ether oxygens (including phenoxy) is 1. The summed E-state index contributed by atoms with van der Waals surface area (Å²) in [5, 5.41) is 8.45. The molecule has 1 saturated heterocycles. The van der Waals surface area contributed by atoms with Crippen LogP contribution in [0.2, 0.25) is 0 Å². The second-order valence-electron chi connectivity index (χ2n) is 8.52. The largest absolute Gasteiger partial charge is 0.476 e. The lowest BCUT2D eigenvalue weighted by atomic mass is 9.92. The zero-order valence-corrected chi connectivity index (χ0v) is 17.8. The summed E-state index contributed by atoms with van der Waals surface area (Å²) < 4.78 is 14.3. The maximum absolute atomic E-state index is 12.8. The van der Waals surface area contributed by atoms with Crippen molar-refractivity contribution < 1.29 is 9.53 Å². The van der Waals surface area contributed by atoms with Crippen molar-refractivity contribution in [3.8, 4) is 5.88 Å². The highest BCUT2D eigenvalue weighted by Crippen LogP contribution is 2.23. The van der Waals surface area contributed by atoms with Gasteiger partial charge < -0.3 is 9.64 Å². The van der Waals surface area contributed by atoms with Crippen molar-refractivity contribution in [1.82, 2.24) is 23.8 Å². The smallest absolute Gasteiger partial charge is 0.253 e. The van der Waals surface area contributed by atoms with Crippen LogP contribution in [-0.4, -0.2) is 49.4 Å². The Labute approximate surface area is 174 Å². The van der Waals surface area contributed by atoms with E-state index in [0.29, 0.717) is 24.0 Å². The fourth-order valence-electron chi connectivity index (χ4n) is 3.40. The predicted molar refractivity (Wildman–Crippen MR) is 112 cm³/mol. The van der Waals surface area contributed by atoms with E-state index in [-0.39, 0.29) is 11.3 Å². The van der Waals surface area contributed by atoms with Gasteiger partial charge >= 0.3 is 0 Å². The molecule has 0 unspecified atom stereocenters. The number of benzene rings is 1. The zero-order chi connectivity index (χ0) is 20.4. The van der Waals surface area contributed by atoms with Crippen molar-refractivity contribution in [2.24, 2.45) is 5.92 Å². The number of nitrogens with zero attached hydrogens (tertiary/aromatic N) is 5. The maximum atomic E-state index is 12.8. The quantitative estimate of drug-likeness (QED) is 0.651. The summed E-state index contributed by atoms with van der Waals surface area (Å²) >= 11 is 1.17. The van der Waals surface area contributed by atoms with Gasteiger partial charge in [0.25, 0.3) is 5.91 Å². The molecule has 0 spiro atoms. The van der Waals surface area contributed by atoms with Gasteiger partial charge in [0, 0.05) is 30.1 Å². The molecule has 1 aliphatic heterocycles. The average Bonchev–Trinajstić information content (AvgIpc) is 3.19. The fourth-order valence-corrected chi connectivity index (χ4v) is 3.92. The van der Waals surface area contributed by atoms with E-state index >= 15 is 0 Å². The summed E-state index contributed by atoms with van der Waals surface area (Å²) in [6.45, 7) is 8.39. The molecule has 0 atom stereocenters. The molecule has 0 N–H and O–H groups in total. The molecule has 0 saturated carbocycles. The highest BCUT2D eigenvalue weighted by molar-refractivity contribution is 7.00. The minimum absolute atomic E-state index is 0.0224. The molecule has 4 rings (SSSR count). The first-order chi connectivity index (χ1) is 13.9. The van der Waals surface area contributed by atoms with Crippen molar-refractivity contribution in [2.75, 3.05) is 19.7 Å². The summed E-state index contributed by atoms with van der Waals surface area (Å²) in [5.74, 6) is 1.03. The monoisotopic (exact) mass is 411 g/mol. The number of aromatic nitrogens is 4. The Bertz CT molecular complexity index is 988. The number of carbonyl (C=O) groups excluding carboxylic acids is 1. The third-order valence-electron chi connectivity index (χ3n) is 5.28. The molecule has 0 aliphatic carbocycles. The molecular formula is C21H25N5O2S. The highest BCUT2D eigenvalue weighted by Gasteiger charge is 2.24. The third kappa shape index (κ3) is 4.53. The summed E-state index contributed by atoms with van der Waals surface area (Å²) in [4.78, 5) is 14.7. The van der Waals surface area contributed by atoms with Crippen LogP contribution in [0, 0.1) is 5.92 Å². The number of rotatable bonds is 4. The molecule has 152 valence electrons. The van der Waals surface area contributed by atoms with Gasteiger partial charge in [0.15, 0.2) is 0 Å². The molecule has 7 nitrogen and oxygen atoms in total. The van der Waals surface area contributed by atoms with E-state index in [1.165, 1.54) is 11.7 Å². The number of hydrogen-bond acceptors (Lipinski definition) is 7. The van der Waals surface area contributed by atoms with Gasteiger partial charge in [-0.1, -0.05) is 20.8 Å². The molecule has 0 radical (unpaired) electrons. The highest BCUT2D eigenvalue weighted by atomic mass is 32.1. The van der Waals surface area contributed by atoms with Gasteiger partial charge in [0.2, 0.25) is 5.88 Å². The lowest BCUT2D eigenvalue weighted by Crippen LogP contribution is -2.39. The third-order valence-corrected chi connectivity index (χ3v) is 5.83. The molecule has 1 aliphatic rings. The lowest BCUT2D eigenvalue weighted by Gasteiger charge is -2.31. The molecule has 1 amide bonds. The zero-order valence-electron chi connectivity index (χ0n) is 17.0. The summed E-state index contributed by atoms with van der Waals surface area (Å²) in [6.07, 6.45) is 1.83. The molecule has 8 heteroatoms. The van der Waals surface area contributed by atoms with Gasteiger partial charge in [-0.05, 0) is 43.0 Å². The van der Waals surface area contributed by atoms with E-state index in [9.17, 15) is 4.79 Å². The number of fused-ring (bicyclic) bond motifs is 1. The van der Waals surface area contributed by atoms with Gasteiger partial charge in [0.1, 0.15) is 11.0 Å². The van der Waals surface area contributed by atoms with Crippen LogP contribution in [0.15, 0.2) is 30.3 Å². The van der Waals surface area contributed by atoms with E-state index in [1.54, 1.807) is 0 Å². The molecule has 1 fully saturated rings. The predicted octanol–water partition coefficient (Wildman–Crippen LogP) is 3.71. The van der Waals surface area contributed by atoms with Crippen molar-refractivity contribution >= 4 is 28.7 Å². The molecule has 2 aromatic heterocycles. The second kappa shape index (κ2) is 8.02. The van der Waals surface area contributed by atoms with E-state index in [0.717, 1.165) is 42.7 Å². The Morgan fingerprint density at radius 3 is 2.55 bits per heavy atom. The Balaban J connectivity index is 1.28. The van der Waals surface area contributed by atoms with E-state index in [2.05, 4.69) is 39.7 Å². The number of piperidine rings is 1. The minimum Gasteiger partial charge on any atom is -0.476 e. The van der Waals surface area contributed by atoms with Crippen LogP contribution in [0.25, 0.3) is 11.0 Å². The number of hydrogen-bond donors (Lipinski definition) is 0. The number of carbonyl (C=O) groups is 1. The molecule has 3 heterocycles. The van der Waals surface area contributed by atoms with Crippen LogP contribution in [0.5, 0.6) is 5.88 Å². The maximum Gasteiger partial charge on any atom is 0.253 e. The lowest BCUT2D eigenvalue weighted by molar-refractivity contribution is 0.0659.